The Balaban J connectivity index is 1.87. The highest BCUT2D eigenvalue weighted by molar-refractivity contribution is 7.14. The van der Waals surface area contributed by atoms with Crippen molar-refractivity contribution in [2.75, 3.05) is 0 Å². The van der Waals surface area contributed by atoms with Gasteiger partial charge in [-0.05, 0) is 44.7 Å². The van der Waals surface area contributed by atoms with Gasteiger partial charge in [-0.2, -0.15) is 0 Å². The van der Waals surface area contributed by atoms with Gasteiger partial charge in [0.2, 0.25) is 0 Å². The van der Waals surface area contributed by atoms with Gasteiger partial charge in [0.25, 0.3) is 5.91 Å². The number of carboxylic acid groups (broad SMARTS) is 1. The molecule has 0 spiro atoms. The van der Waals surface area contributed by atoms with Crippen molar-refractivity contribution in [3.8, 4) is 0 Å². The second-order valence-corrected chi connectivity index (χ2v) is 6.80. The van der Waals surface area contributed by atoms with Gasteiger partial charge >= 0.3 is 5.97 Å². The summed E-state index contributed by atoms with van der Waals surface area (Å²) in [7, 11) is 0. The van der Waals surface area contributed by atoms with E-state index in [1.807, 2.05) is 24.8 Å². The zero-order valence-electron chi connectivity index (χ0n) is 11.0. The first-order chi connectivity index (χ1) is 8.99. The van der Waals surface area contributed by atoms with Crippen LogP contribution in [0.3, 0.4) is 0 Å². The van der Waals surface area contributed by atoms with Crippen LogP contribution in [-0.4, -0.2) is 34.0 Å². The Hall–Kier alpha value is -1.36. The number of nitrogens with zero attached hydrogens (tertiary/aromatic N) is 1. The molecule has 3 rings (SSSR count). The molecule has 0 aromatic carbocycles. The second-order valence-electron chi connectivity index (χ2n) is 5.54. The fourth-order valence-corrected chi connectivity index (χ4v) is 4.35. The quantitative estimate of drug-likeness (QED) is 0.904. The van der Waals surface area contributed by atoms with Gasteiger partial charge in [-0.1, -0.05) is 0 Å². The molecule has 1 aromatic rings. The maximum atomic E-state index is 12.6. The SMILES string of the molecule is Cc1cc(C(=O)N2C3CCC2C(C(=O)O)C3)sc1C. The molecule has 19 heavy (non-hydrogen) atoms. The average molecular weight is 279 g/mol. The number of hydrogen-bond acceptors (Lipinski definition) is 3. The number of amides is 1. The van der Waals surface area contributed by atoms with E-state index in [1.165, 1.54) is 11.3 Å². The number of thiophene rings is 1. The number of carboxylic acids is 1. The number of fused-ring (bicyclic) bond motifs is 2. The number of aryl methyl sites for hydroxylation is 2. The van der Waals surface area contributed by atoms with Crippen LogP contribution in [-0.2, 0) is 4.79 Å². The molecule has 5 heteroatoms. The van der Waals surface area contributed by atoms with E-state index >= 15 is 0 Å². The molecule has 0 radical (unpaired) electrons. The predicted octanol–water partition coefficient (Wildman–Crippen LogP) is 2.44. The summed E-state index contributed by atoms with van der Waals surface area (Å²) >= 11 is 1.51. The zero-order chi connectivity index (χ0) is 13.7. The summed E-state index contributed by atoms with van der Waals surface area (Å²) in [4.78, 5) is 27.5. The zero-order valence-corrected chi connectivity index (χ0v) is 11.9. The summed E-state index contributed by atoms with van der Waals surface area (Å²) < 4.78 is 0. The molecule has 3 heterocycles. The molecule has 1 N–H and O–H groups in total. The normalized spacial score (nSPS) is 28.9. The van der Waals surface area contributed by atoms with E-state index in [0.717, 1.165) is 28.2 Å². The van der Waals surface area contributed by atoms with Gasteiger partial charge < -0.3 is 10.0 Å². The third-order valence-electron chi connectivity index (χ3n) is 4.47. The van der Waals surface area contributed by atoms with Crippen molar-refractivity contribution in [3.05, 3.63) is 21.4 Å². The van der Waals surface area contributed by atoms with Gasteiger partial charge in [0.1, 0.15) is 0 Å². The molecular weight excluding hydrogens is 262 g/mol. The molecule has 2 fully saturated rings. The molecule has 0 saturated carbocycles. The van der Waals surface area contributed by atoms with Gasteiger partial charge in [0.15, 0.2) is 0 Å². The standard InChI is InChI=1S/C14H17NO3S/c1-7-5-12(19-8(7)2)13(16)15-9-3-4-11(15)10(6-9)14(17)18/h5,9-11H,3-4,6H2,1-2H3,(H,17,18). The van der Waals surface area contributed by atoms with Crippen LogP contribution in [0.1, 0.15) is 39.4 Å². The van der Waals surface area contributed by atoms with Gasteiger partial charge in [-0.3, -0.25) is 9.59 Å². The topological polar surface area (TPSA) is 57.6 Å². The van der Waals surface area contributed by atoms with Gasteiger partial charge in [0, 0.05) is 17.0 Å². The Morgan fingerprint density at radius 1 is 1.37 bits per heavy atom. The first-order valence-electron chi connectivity index (χ1n) is 6.61. The van der Waals surface area contributed by atoms with Crippen LogP contribution in [0.15, 0.2) is 6.07 Å². The third-order valence-corrected chi connectivity index (χ3v) is 5.61. The van der Waals surface area contributed by atoms with Gasteiger partial charge in [-0.15, -0.1) is 11.3 Å². The lowest BCUT2D eigenvalue weighted by atomic mass is 9.89. The fraction of sp³-hybridized carbons (Fsp3) is 0.571. The van der Waals surface area contributed by atoms with Crippen LogP contribution < -0.4 is 0 Å². The van der Waals surface area contributed by atoms with Gasteiger partial charge in [-0.25, -0.2) is 0 Å². The van der Waals surface area contributed by atoms with E-state index in [2.05, 4.69) is 0 Å². The Morgan fingerprint density at radius 2 is 2.11 bits per heavy atom. The van der Waals surface area contributed by atoms with Crippen LogP contribution in [0.2, 0.25) is 0 Å². The minimum absolute atomic E-state index is 0.0254. The number of carbonyl (C=O) groups is 2. The number of carbonyl (C=O) groups excluding carboxylic acids is 1. The number of hydrogen-bond donors (Lipinski definition) is 1. The second kappa shape index (κ2) is 4.34. The minimum Gasteiger partial charge on any atom is -0.481 e. The monoisotopic (exact) mass is 279 g/mol. The summed E-state index contributed by atoms with van der Waals surface area (Å²) in [5.41, 5.74) is 1.13. The first kappa shape index (κ1) is 12.7. The molecule has 3 unspecified atom stereocenters. The highest BCUT2D eigenvalue weighted by atomic mass is 32.1. The molecule has 3 atom stereocenters. The lowest BCUT2D eigenvalue weighted by molar-refractivity contribution is -0.142. The molecule has 2 aliphatic rings. The van der Waals surface area contributed by atoms with Crippen LogP contribution >= 0.6 is 11.3 Å². The maximum Gasteiger partial charge on any atom is 0.308 e. The van der Waals surface area contributed by atoms with Crippen molar-refractivity contribution < 1.29 is 14.7 Å². The first-order valence-corrected chi connectivity index (χ1v) is 7.43. The summed E-state index contributed by atoms with van der Waals surface area (Å²) in [5.74, 6) is -1.11. The fourth-order valence-electron chi connectivity index (χ4n) is 3.38. The molecule has 1 amide bonds. The van der Waals surface area contributed by atoms with Crippen molar-refractivity contribution >= 4 is 23.2 Å². The van der Waals surface area contributed by atoms with Crippen LogP contribution in [0.4, 0.5) is 0 Å². The van der Waals surface area contributed by atoms with Crippen molar-refractivity contribution in [1.82, 2.24) is 4.90 Å². The molecular formula is C14H17NO3S. The third kappa shape index (κ3) is 1.87. The highest BCUT2D eigenvalue weighted by Gasteiger charge is 2.51. The smallest absolute Gasteiger partial charge is 0.308 e. The largest absolute Gasteiger partial charge is 0.481 e. The van der Waals surface area contributed by atoms with E-state index < -0.39 is 5.97 Å². The molecule has 0 aliphatic carbocycles. The average Bonchev–Trinajstić information content (AvgIpc) is 3.02. The highest BCUT2D eigenvalue weighted by Crippen LogP contribution is 2.43. The van der Waals surface area contributed by atoms with Crippen LogP contribution in [0, 0.1) is 19.8 Å². The minimum atomic E-state index is -0.761. The van der Waals surface area contributed by atoms with Crippen molar-refractivity contribution in [2.24, 2.45) is 5.92 Å². The van der Waals surface area contributed by atoms with Crippen LogP contribution in [0.5, 0.6) is 0 Å². The molecule has 2 bridgehead atoms. The van der Waals surface area contributed by atoms with E-state index in [1.54, 1.807) is 0 Å². The van der Waals surface area contributed by atoms with Crippen molar-refractivity contribution in [1.29, 1.82) is 0 Å². The van der Waals surface area contributed by atoms with E-state index in [0.29, 0.717) is 6.42 Å². The van der Waals surface area contributed by atoms with E-state index in [-0.39, 0.29) is 23.9 Å². The summed E-state index contributed by atoms with van der Waals surface area (Å²) in [6.45, 7) is 4.01. The van der Waals surface area contributed by atoms with Crippen molar-refractivity contribution in [3.63, 3.8) is 0 Å². The predicted molar refractivity (Wildman–Crippen MR) is 72.5 cm³/mol. The van der Waals surface area contributed by atoms with E-state index in [9.17, 15) is 14.7 Å². The summed E-state index contributed by atoms with van der Waals surface area (Å²) in [6.07, 6.45) is 2.40. The molecule has 2 aliphatic heterocycles. The molecule has 1 aromatic heterocycles. The molecule has 4 nitrogen and oxygen atoms in total. The Morgan fingerprint density at radius 3 is 2.63 bits per heavy atom. The Labute approximate surface area is 116 Å². The maximum absolute atomic E-state index is 12.6. The lowest BCUT2D eigenvalue weighted by Crippen LogP contribution is -2.37. The number of aliphatic carboxylic acids is 1. The van der Waals surface area contributed by atoms with Crippen molar-refractivity contribution in [2.45, 2.75) is 45.2 Å². The lowest BCUT2D eigenvalue weighted by Gasteiger charge is -2.22. The Kier molecular flexibility index (Phi) is 2.89. The molecule has 2 saturated heterocycles. The summed E-state index contributed by atoms with van der Waals surface area (Å²) in [5, 5.41) is 9.22. The van der Waals surface area contributed by atoms with Gasteiger partial charge in [0.05, 0.1) is 10.8 Å². The molecule has 102 valence electrons. The summed E-state index contributed by atoms with van der Waals surface area (Å²) in [6, 6.07) is 1.95. The Bertz CT molecular complexity index is 531. The number of rotatable bonds is 2. The van der Waals surface area contributed by atoms with Crippen LogP contribution in [0.25, 0.3) is 0 Å². The van der Waals surface area contributed by atoms with E-state index in [4.69, 9.17) is 0 Å².